The highest BCUT2D eigenvalue weighted by Gasteiger charge is 2.25. The number of rotatable bonds is 80. The number of carboxylic acid groups (broad SMARTS) is 1. The monoisotopic (exact) mass is 1360 g/mol. The maximum atomic E-state index is 13.0. The molecule has 9 nitrogen and oxygen atoms in total. The van der Waals surface area contributed by atoms with Crippen LogP contribution in [0.25, 0.3) is 0 Å². The third kappa shape index (κ3) is 80.2. The van der Waals surface area contributed by atoms with Gasteiger partial charge in [-0.2, -0.15) is 0 Å². The lowest BCUT2D eigenvalue weighted by Crippen LogP contribution is -2.40. The predicted octanol–water partition coefficient (Wildman–Crippen LogP) is 27.4. The number of hydrogen-bond acceptors (Lipinski definition) is 7. The molecule has 0 aliphatic heterocycles. The molecular weight excluding hydrogens is 1200 g/mol. The van der Waals surface area contributed by atoms with Crippen molar-refractivity contribution in [2.24, 2.45) is 0 Å². The molecule has 1 N–H and O–H groups in total. The van der Waals surface area contributed by atoms with E-state index >= 15 is 0 Å². The highest BCUT2D eigenvalue weighted by atomic mass is 16.7. The second-order valence-electron chi connectivity index (χ2n) is 30.1. The molecule has 0 saturated carbocycles. The van der Waals surface area contributed by atoms with E-state index in [0.29, 0.717) is 17.4 Å². The minimum absolute atomic E-state index is 0.177. The molecule has 0 aromatic rings. The Balaban J connectivity index is 3.91. The van der Waals surface area contributed by atoms with Crippen molar-refractivity contribution >= 4 is 17.9 Å². The SMILES string of the molecule is CC/C=C\C/C=C\C/C=C\C/C=C\CCCCCCCCCCCCCCCCCCCCC(=O)OC(COC(=O)CCCCCCCCCCCCCCCCCCCCCCCCCCCCCCC/C=C\CCCCCCCCCC)COC(OCC[N+](C)(C)C)C(=O)O. The first-order valence-electron chi connectivity index (χ1n) is 42.5. The largest absolute Gasteiger partial charge is 0.477 e. The molecule has 0 spiro atoms. The molecule has 0 bridgehead atoms. The van der Waals surface area contributed by atoms with Crippen molar-refractivity contribution in [3.63, 3.8) is 0 Å². The number of esters is 2. The second-order valence-corrected chi connectivity index (χ2v) is 30.1. The van der Waals surface area contributed by atoms with Crippen LogP contribution in [0.5, 0.6) is 0 Å². The van der Waals surface area contributed by atoms with Crippen molar-refractivity contribution in [1.82, 2.24) is 0 Å². The Bertz CT molecular complexity index is 1780. The molecule has 0 aromatic heterocycles. The van der Waals surface area contributed by atoms with E-state index in [1.54, 1.807) is 0 Å². The van der Waals surface area contributed by atoms with Gasteiger partial charge in [0, 0.05) is 12.8 Å². The zero-order valence-corrected chi connectivity index (χ0v) is 65.3. The molecule has 97 heavy (non-hydrogen) atoms. The fourth-order valence-corrected chi connectivity index (χ4v) is 12.8. The summed E-state index contributed by atoms with van der Waals surface area (Å²) in [6.45, 7) is 4.84. The fraction of sp³-hybridized carbons (Fsp3) is 0.852. The van der Waals surface area contributed by atoms with Gasteiger partial charge in [0.05, 0.1) is 34.4 Å². The van der Waals surface area contributed by atoms with Crippen LogP contribution in [0.2, 0.25) is 0 Å². The minimum atomic E-state index is -1.51. The summed E-state index contributed by atoms with van der Waals surface area (Å²) in [5, 5.41) is 9.78. The zero-order chi connectivity index (χ0) is 70.4. The minimum Gasteiger partial charge on any atom is -0.477 e. The summed E-state index contributed by atoms with van der Waals surface area (Å²) >= 11 is 0. The molecule has 9 heteroatoms. The van der Waals surface area contributed by atoms with Gasteiger partial charge in [-0.05, 0) is 77.0 Å². The van der Waals surface area contributed by atoms with E-state index in [1.165, 1.54) is 334 Å². The Morgan fingerprint density at radius 1 is 0.320 bits per heavy atom. The third-order valence-electron chi connectivity index (χ3n) is 19.3. The highest BCUT2D eigenvalue weighted by molar-refractivity contribution is 5.71. The van der Waals surface area contributed by atoms with Gasteiger partial charge in [-0.15, -0.1) is 0 Å². The second kappa shape index (κ2) is 78.7. The molecule has 568 valence electrons. The summed E-state index contributed by atoms with van der Waals surface area (Å²) in [6.07, 6.45) is 103. The summed E-state index contributed by atoms with van der Waals surface area (Å²) < 4.78 is 23.1. The Kier molecular flexibility index (Phi) is 76.3. The van der Waals surface area contributed by atoms with Crippen molar-refractivity contribution in [2.75, 3.05) is 47.5 Å². The van der Waals surface area contributed by atoms with Crippen LogP contribution in [-0.4, -0.2) is 87.4 Å². The van der Waals surface area contributed by atoms with Gasteiger partial charge in [0.1, 0.15) is 13.2 Å². The number of carbonyl (C=O) groups excluding carboxylic acids is 2. The molecule has 0 aliphatic rings. The fourth-order valence-electron chi connectivity index (χ4n) is 12.8. The molecule has 0 radical (unpaired) electrons. The number of carbonyl (C=O) groups is 3. The molecule has 0 heterocycles. The Morgan fingerprint density at radius 2 is 0.588 bits per heavy atom. The van der Waals surface area contributed by atoms with E-state index in [9.17, 15) is 19.5 Å². The Labute approximate surface area is 603 Å². The summed E-state index contributed by atoms with van der Waals surface area (Å²) in [5.74, 6) is -1.97. The highest BCUT2D eigenvalue weighted by Crippen LogP contribution is 2.20. The number of quaternary nitrogens is 1. The molecule has 2 atom stereocenters. The normalized spacial score (nSPS) is 12.9. The van der Waals surface area contributed by atoms with E-state index in [4.69, 9.17) is 18.9 Å². The van der Waals surface area contributed by atoms with Crippen LogP contribution in [0.15, 0.2) is 60.8 Å². The van der Waals surface area contributed by atoms with Crippen molar-refractivity contribution in [2.45, 2.75) is 437 Å². The van der Waals surface area contributed by atoms with E-state index in [-0.39, 0.29) is 38.2 Å². The lowest BCUT2D eigenvalue weighted by Gasteiger charge is -2.25. The van der Waals surface area contributed by atoms with Gasteiger partial charge in [-0.1, -0.05) is 396 Å². The van der Waals surface area contributed by atoms with Crippen LogP contribution in [-0.2, 0) is 33.3 Å². The van der Waals surface area contributed by atoms with Crippen molar-refractivity contribution in [3.05, 3.63) is 60.8 Å². The van der Waals surface area contributed by atoms with Crippen molar-refractivity contribution in [3.8, 4) is 0 Å². The lowest BCUT2D eigenvalue weighted by atomic mass is 10.0. The topological polar surface area (TPSA) is 108 Å². The van der Waals surface area contributed by atoms with Gasteiger partial charge >= 0.3 is 17.9 Å². The molecule has 0 rings (SSSR count). The summed E-state index contributed by atoms with van der Waals surface area (Å²) in [5.41, 5.74) is 0. The summed E-state index contributed by atoms with van der Waals surface area (Å²) in [4.78, 5) is 37.8. The quantitative estimate of drug-likeness (QED) is 0.0211. The van der Waals surface area contributed by atoms with E-state index in [1.807, 2.05) is 21.1 Å². The number of ether oxygens (including phenoxy) is 4. The first-order chi connectivity index (χ1) is 47.6. The molecule has 0 aromatic carbocycles. The Hall–Kier alpha value is -3.01. The van der Waals surface area contributed by atoms with Gasteiger partial charge < -0.3 is 28.5 Å². The van der Waals surface area contributed by atoms with E-state index < -0.39 is 18.4 Å². The van der Waals surface area contributed by atoms with Crippen LogP contribution in [0.1, 0.15) is 425 Å². The maximum Gasteiger partial charge on any atom is 0.361 e. The summed E-state index contributed by atoms with van der Waals surface area (Å²) in [6, 6.07) is 0. The number of nitrogens with zero attached hydrogens (tertiary/aromatic N) is 1. The van der Waals surface area contributed by atoms with Crippen LogP contribution in [0.4, 0.5) is 0 Å². The van der Waals surface area contributed by atoms with Crippen LogP contribution in [0, 0.1) is 0 Å². The molecular formula is C88H164NO8+. The molecule has 0 saturated heterocycles. The van der Waals surface area contributed by atoms with Gasteiger partial charge in [0.15, 0.2) is 6.10 Å². The number of likely N-dealkylation sites (N-methyl/N-ethyl adjacent to an activating group) is 1. The molecule has 2 unspecified atom stereocenters. The van der Waals surface area contributed by atoms with E-state index in [0.717, 1.165) is 64.2 Å². The van der Waals surface area contributed by atoms with Crippen LogP contribution < -0.4 is 0 Å². The predicted molar refractivity (Wildman–Crippen MR) is 420 cm³/mol. The number of carboxylic acids is 1. The standard InChI is InChI=1S/C88H163NO8/c1-6-8-10-12-14-16-18-20-22-24-26-28-30-32-34-36-38-39-40-41-42-43-44-45-46-47-49-50-52-54-56-58-60-62-64-66-68-70-72-74-76-78-85(90)95-82-84(83-96-88(87(92)93)94-81-80-89(3,4)5)97-86(91)79-77-75-73-71-69-67-65-63-61-59-57-55-53-51-48-37-35-33-31-29-27-25-23-21-19-17-15-13-11-9-7-2/h9,11,15,17,21,23-24,26-27,29,84,88H,6-8,10,12-14,16,18-20,22,25,28,30-83H2,1-5H3/p+1/b11-9-,17-15-,23-21-,26-24-,29-27-. The maximum absolute atomic E-state index is 13.0. The number of hydrogen-bond donors (Lipinski definition) is 1. The van der Waals surface area contributed by atoms with Crippen LogP contribution >= 0.6 is 0 Å². The summed E-state index contributed by atoms with van der Waals surface area (Å²) in [7, 11) is 6.00. The van der Waals surface area contributed by atoms with Crippen molar-refractivity contribution < 1.29 is 42.9 Å². The average Bonchev–Trinajstić information content (AvgIpc) is 2.39. The smallest absolute Gasteiger partial charge is 0.361 e. The zero-order valence-electron chi connectivity index (χ0n) is 65.3. The molecule has 0 aliphatic carbocycles. The molecule has 0 amide bonds. The van der Waals surface area contributed by atoms with E-state index in [2.05, 4.69) is 74.6 Å². The van der Waals surface area contributed by atoms with Crippen molar-refractivity contribution in [1.29, 1.82) is 0 Å². The Morgan fingerprint density at radius 3 is 0.887 bits per heavy atom. The number of unbranched alkanes of at least 4 members (excludes halogenated alkanes) is 55. The number of aliphatic carboxylic acids is 1. The first-order valence-corrected chi connectivity index (χ1v) is 42.5. The lowest BCUT2D eigenvalue weighted by molar-refractivity contribution is -0.870. The van der Waals surface area contributed by atoms with Gasteiger partial charge in [-0.25, -0.2) is 4.79 Å². The first kappa shape index (κ1) is 94.0. The molecule has 0 fully saturated rings. The number of allylic oxidation sites excluding steroid dienone is 10. The van der Waals surface area contributed by atoms with Crippen LogP contribution in [0.3, 0.4) is 0 Å². The van der Waals surface area contributed by atoms with Gasteiger partial charge in [0.25, 0.3) is 6.29 Å². The third-order valence-corrected chi connectivity index (χ3v) is 19.3. The van der Waals surface area contributed by atoms with Gasteiger partial charge in [-0.3, -0.25) is 9.59 Å². The van der Waals surface area contributed by atoms with Gasteiger partial charge in [0.2, 0.25) is 0 Å². The average molecular weight is 1360 g/mol.